The van der Waals surface area contributed by atoms with E-state index in [1.807, 2.05) is 48.3 Å². The van der Waals surface area contributed by atoms with Crippen LogP contribution in [0.4, 0.5) is 10.2 Å². The van der Waals surface area contributed by atoms with E-state index in [1.165, 1.54) is 12.1 Å². The monoisotopic (exact) mass is 336 g/mol. The van der Waals surface area contributed by atoms with Gasteiger partial charge in [0.1, 0.15) is 11.6 Å². The molecule has 0 atom stereocenters. The summed E-state index contributed by atoms with van der Waals surface area (Å²) < 4.78 is 19.1. The molecule has 126 valence electrons. The maximum Gasteiger partial charge on any atom is 0.151 e. The van der Waals surface area contributed by atoms with Crippen LogP contribution >= 0.6 is 0 Å². The van der Waals surface area contributed by atoms with Crippen LogP contribution in [0.5, 0.6) is 5.75 Å². The van der Waals surface area contributed by atoms with E-state index in [1.54, 1.807) is 13.2 Å². The SMILES string of the molecule is COc1ccc(-c2cc(N(C)Cc3cc(C#N)ccc3F)n[nH]2)cc1. The second-order valence-electron chi connectivity index (χ2n) is 5.64. The molecule has 3 rings (SSSR count). The van der Waals surface area contributed by atoms with Crippen LogP contribution < -0.4 is 9.64 Å². The average Bonchev–Trinajstić information content (AvgIpc) is 3.14. The van der Waals surface area contributed by atoms with E-state index < -0.39 is 0 Å². The molecule has 0 bridgehead atoms. The quantitative estimate of drug-likeness (QED) is 0.771. The highest BCUT2D eigenvalue weighted by atomic mass is 19.1. The molecule has 1 heterocycles. The molecule has 1 N–H and O–H groups in total. The van der Waals surface area contributed by atoms with Crippen molar-refractivity contribution in [2.45, 2.75) is 6.54 Å². The Labute approximate surface area is 145 Å². The summed E-state index contributed by atoms with van der Waals surface area (Å²) in [6.45, 7) is 0.314. The van der Waals surface area contributed by atoms with Crippen molar-refractivity contribution in [2.75, 3.05) is 19.1 Å². The van der Waals surface area contributed by atoms with Crippen LogP contribution in [0, 0.1) is 17.1 Å². The number of anilines is 1. The van der Waals surface area contributed by atoms with Crippen molar-refractivity contribution in [3.63, 3.8) is 0 Å². The number of halogens is 1. The summed E-state index contributed by atoms with van der Waals surface area (Å²) >= 11 is 0. The summed E-state index contributed by atoms with van der Waals surface area (Å²) in [6.07, 6.45) is 0. The molecule has 3 aromatic rings. The first-order chi connectivity index (χ1) is 12.1. The molecule has 0 saturated heterocycles. The second kappa shape index (κ2) is 7.05. The number of H-pyrrole nitrogens is 1. The molecule has 0 aliphatic rings. The summed E-state index contributed by atoms with van der Waals surface area (Å²) in [5.41, 5.74) is 2.72. The largest absolute Gasteiger partial charge is 0.497 e. The third-order valence-electron chi connectivity index (χ3n) is 3.94. The highest BCUT2D eigenvalue weighted by Gasteiger charge is 2.11. The van der Waals surface area contributed by atoms with Crippen LogP contribution in [-0.2, 0) is 6.54 Å². The Kier molecular flexibility index (Phi) is 4.66. The number of hydrogen-bond acceptors (Lipinski definition) is 4. The Hall–Kier alpha value is -3.33. The fourth-order valence-electron chi connectivity index (χ4n) is 2.53. The predicted molar refractivity (Wildman–Crippen MR) is 93.8 cm³/mol. The number of hydrogen-bond donors (Lipinski definition) is 1. The van der Waals surface area contributed by atoms with Crippen LogP contribution in [0.25, 0.3) is 11.3 Å². The van der Waals surface area contributed by atoms with Crippen LogP contribution in [0.1, 0.15) is 11.1 Å². The summed E-state index contributed by atoms with van der Waals surface area (Å²) in [5, 5.41) is 16.2. The van der Waals surface area contributed by atoms with Gasteiger partial charge in [0.05, 0.1) is 24.4 Å². The maximum atomic E-state index is 13.9. The number of nitriles is 1. The first kappa shape index (κ1) is 16.5. The van der Waals surface area contributed by atoms with Crippen LogP contribution in [0.15, 0.2) is 48.5 Å². The normalized spacial score (nSPS) is 10.3. The lowest BCUT2D eigenvalue weighted by Gasteiger charge is -2.16. The minimum absolute atomic E-state index is 0.314. The molecule has 0 unspecified atom stereocenters. The molecule has 0 aliphatic heterocycles. The van der Waals surface area contributed by atoms with Gasteiger partial charge in [-0.15, -0.1) is 0 Å². The molecule has 0 spiro atoms. The van der Waals surface area contributed by atoms with Crippen molar-refractivity contribution in [2.24, 2.45) is 0 Å². The van der Waals surface area contributed by atoms with Gasteiger partial charge in [0.15, 0.2) is 5.82 Å². The van der Waals surface area contributed by atoms with E-state index in [0.29, 0.717) is 23.5 Å². The van der Waals surface area contributed by atoms with Gasteiger partial charge in [0.2, 0.25) is 0 Å². The van der Waals surface area contributed by atoms with Crippen molar-refractivity contribution in [3.8, 4) is 23.1 Å². The van der Waals surface area contributed by atoms with Gasteiger partial charge >= 0.3 is 0 Å². The number of nitrogens with one attached hydrogen (secondary N) is 1. The van der Waals surface area contributed by atoms with E-state index in [-0.39, 0.29) is 5.82 Å². The third-order valence-corrected chi connectivity index (χ3v) is 3.94. The molecule has 25 heavy (non-hydrogen) atoms. The zero-order chi connectivity index (χ0) is 17.8. The Morgan fingerprint density at radius 3 is 2.64 bits per heavy atom. The molecule has 6 heteroatoms. The van der Waals surface area contributed by atoms with Crippen LogP contribution in [0.3, 0.4) is 0 Å². The number of aromatic amines is 1. The molecule has 0 fully saturated rings. The zero-order valence-corrected chi connectivity index (χ0v) is 14.0. The number of aromatic nitrogens is 2. The van der Waals surface area contributed by atoms with E-state index in [0.717, 1.165) is 17.0 Å². The number of methoxy groups -OCH3 is 1. The predicted octanol–water partition coefficient (Wildman–Crippen LogP) is 3.73. The van der Waals surface area contributed by atoms with Gasteiger partial charge in [-0.3, -0.25) is 5.10 Å². The van der Waals surface area contributed by atoms with E-state index in [9.17, 15) is 4.39 Å². The first-order valence-corrected chi connectivity index (χ1v) is 7.70. The first-order valence-electron chi connectivity index (χ1n) is 7.70. The van der Waals surface area contributed by atoms with Crippen molar-refractivity contribution < 1.29 is 9.13 Å². The summed E-state index contributed by atoms with van der Waals surface area (Å²) in [4.78, 5) is 1.82. The summed E-state index contributed by atoms with van der Waals surface area (Å²) in [6, 6.07) is 15.9. The van der Waals surface area contributed by atoms with E-state index in [4.69, 9.17) is 10.00 Å². The highest BCUT2D eigenvalue weighted by Crippen LogP contribution is 2.24. The van der Waals surface area contributed by atoms with Crippen molar-refractivity contribution in [3.05, 3.63) is 65.5 Å². The van der Waals surface area contributed by atoms with Gasteiger partial charge in [0.25, 0.3) is 0 Å². The Bertz CT molecular complexity index is 912. The average molecular weight is 336 g/mol. The zero-order valence-electron chi connectivity index (χ0n) is 14.0. The Morgan fingerprint density at radius 1 is 1.20 bits per heavy atom. The smallest absolute Gasteiger partial charge is 0.151 e. The maximum absolute atomic E-state index is 13.9. The topological polar surface area (TPSA) is 64.9 Å². The Morgan fingerprint density at radius 2 is 1.96 bits per heavy atom. The van der Waals surface area contributed by atoms with Gasteiger partial charge in [-0.1, -0.05) is 0 Å². The fraction of sp³-hybridized carbons (Fsp3) is 0.158. The molecular formula is C19H17FN4O. The molecule has 5 nitrogen and oxygen atoms in total. The van der Waals surface area contributed by atoms with Crippen molar-refractivity contribution >= 4 is 5.82 Å². The number of rotatable bonds is 5. The lowest BCUT2D eigenvalue weighted by Crippen LogP contribution is -2.17. The fourth-order valence-corrected chi connectivity index (χ4v) is 2.53. The number of benzene rings is 2. The van der Waals surface area contributed by atoms with Gasteiger partial charge in [-0.25, -0.2) is 4.39 Å². The third kappa shape index (κ3) is 3.61. The number of ether oxygens (including phenoxy) is 1. The van der Waals surface area contributed by atoms with E-state index in [2.05, 4.69) is 10.2 Å². The molecular weight excluding hydrogens is 319 g/mol. The minimum Gasteiger partial charge on any atom is -0.497 e. The Balaban J connectivity index is 1.78. The van der Waals surface area contributed by atoms with Gasteiger partial charge in [-0.05, 0) is 48.0 Å². The molecule has 0 saturated carbocycles. The lowest BCUT2D eigenvalue weighted by molar-refractivity contribution is 0.415. The molecule has 1 aromatic heterocycles. The molecule has 0 amide bonds. The van der Waals surface area contributed by atoms with Crippen molar-refractivity contribution in [1.29, 1.82) is 5.26 Å². The van der Waals surface area contributed by atoms with Gasteiger partial charge in [-0.2, -0.15) is 10.4 Å². The molecule has 0 radical (unpaired) electrons. The standard InChI is InChI=1S/C19H17FN4O/c1-24(12-15-9-13(11-21)3-8-17(15)20)19-10-18(22-23-19)14-4-6-16(25-2)7-5-14/h3-10H,12H2,1-2H3,(H,22,23). The molecule has 0 aliphatic carbocycles. The highest BCUT2D eigenvalue weighted by molar-refractivity contribution is 5.63. The summed E-state index contributed by atoms with van der Waals surface area (Å²) in [7, 11) is 3.45. The molecule has 2 aromatic carbocycles. The van der Waals surface area contributed by atoms with Gasteiger partial charge < -0.3 is 9.64 Å². The second-order valence-corrected chi connectivity index (χ2v) is 5.64. The van der Waals surface area contributed by atoms with E-state index >= 15 is 0 Å². The van der Waals surface area contributed by atoms with Crippen LogP contribution in [0.2, 0.25) is 0 Å². The van der Waals surface area contributed by atoms with Crippen LogP contribution in [-0.4, -0.2) is 24.4 Å². The minimum atomic E-state index is -0.336. The number of nitrogens with zero attached hydrogens (tertiary/aromatic N) is 3. The van der Waals surface area contributed by atoms with Gasteiger partial charge in [0, 0.05) is 25.2 Å². The lowest BCUT2D eigenvalue weighted by atomic mass is 10.1. The van der Waals surface area contributed by atoms with Crippen molar-refractivity contribution in [1.82, 2.24) is 10.2 Å². The summed E-state index contributed by atoms with van der Waals surface area (Å²) in [5.74, 6) is 1.14.